The van der Waals surface area contributed by atoms with Gasteiger partial charge in [0.15, 0.2) is 5.78 Å². The molecule has 5 aromatic rings. The van der Waals surface area contributed by atoms with Crippen LogP contribution < -0.4 is 4.74 Å². The number of allylic oxidation sites excluding steroid dienone is 1. The summed E-state index contributed by atoms with van der Waals surface area (Å²) in [5.41, 5.74) is 3.76. The number of benzene rings is 5. The molecular formula is C33H22O5. The molecule has 3 N–H and O–H groups in total. The minimum Gasteiger partial charge on any atom is -0.508 e. The molecule has 8 rings (SSSR count). The third-order valence-corrected chi connectivity index (χ3v) is 8.62. The Morgan fingerprint density at radius 1 is 0.684 bits per heavy atom. The number of ketones is 1. The average molecular weight is 499 g/mol. The largest absolute Gasteiger partial charge is 0.508 e. The summed E-state index contributed by atoms with van der Waals surface area (Å²) in [7, 11) is 0. The van der Waals surface area contributed by atoms with E-state index in [1.807, 2.05) is 48.5 Å². The van der Waals surface area contributed by atoms with Crippen LogP contribution in [0.3, 0.4) is 0 Å². The Bertz CT molecular complexity index is 1930. The van der Waals surface area contributed by atoms with E-state index in [0.717, 1.165) is 49.4 Å². The zero-order valence-electron chi connectivity index (χ0n) is 20.3. The highest BCUT2D eigenvalue weighted by molar-refractivity contribution is 6.08. The molecular weight excluding hydrogens is 476 g/mol. The molecule has 0 fully saturated rings. The Labute approximate surface area is 217 Å². The van der Waals surface area contributed by atoms with Crippen LogP contribution in [0, 0.1) is 0 Å². The SMILES string of the molecule is O=C1C=Cc2ccc(O)c3c2C12Cc1c(O)ccc4ccc(c(c14)C2)Oc1ccc2ccc(O)cc2c1C3. The van der Waals surface area contributed by atoms with Crippen molar-refractivity contribution in [3.63, 3.8) is 0 Å². The van der Waals surface area contributed by atoms with Gasteiger partial charge < -0.3 is 20.1 Å². The number of carbonyl (C=O) groups is 1. The van der Waals surface area contributed by atoms with Gasteiger partial charge in [0.1, 0.15) is 28.7 Å². The molecule has 0 radical (unpaired) electrons. The quantitative estimate of drug-likeness (QED) is 0.229. The average Bonchev–Trinajstić information content (AvgIpc) is 2.91. The lowest BCUT2D eigenvalue weighted by Crippen LogP contribution is -2.44. The molecule has 5 heteroatoms. The number of phenols is 3. The fourth-order valence-corrected chi connectivity index (χ4v) is 6.92. The van der Waals surface area contributed by atoms with Gasteiger partial charge in [-0.3, -0.25) is 4.79 Å². The summed E-state index contributed by atoms with van der Waals surface area (Å²) in [5.74, 6) is 1.60. The highest BCUT2D eigenvalue weighted by Crippen LogP contribution is 2.53. The van der Waals surface area contributed by atoms with Crippen molar-refractivity contribution in [1.82, 2.24) is 0 Å². The molecule has 38 heavy (non-hydrogen) atoms. The molecule has 1 atom stereocenters. The van der Waals surface area contributed by atoms with E-state index in [0.29, 0.717) is 36.3 Å². The number of carbonyl (C=O) groups excluding carboxylic acids is 1. The van der Waals surface area contributed by atoms with Gasteiger partial charge in [-0.25, -0.2) is 0 Å². The second kappa shape index (κ2) is 7.17. The summed E-state index contributed by atoms with van der Waals surface area (Å²) >= 11 is 0. The summed E-state index contributed by atoms with van der Waals surface area (Å²) in [6.45, 7) is 0. The highest BCUT2D eigenvalue weighted by atomic mass is 16.5. The lowest BCUT2D eigenvalue weighted by Gasteiger charge is -2.42. The monoisotopic (exact) mass is 498 g/mol. The van der Waals surface area contributed by atoms with Gasteiger partial charge in [0.2, 0.25) is 0 Å². The van der Waals surface area contributed by atoms with Crippen LogP contribution in [0.25, 0.3) is 27.6 Å². The van der Waals surface area contributed by atoms with E-state index in [4.69, 9.17) is 4.74 Å². The number of phenolic OH excluding ortho intramolecular Hbond substituents is 3. The fraction of sp³-hybridized carbons (Fsp3) is 0.121. The topological polar surface area (TPSA) is 87.0 Å². The summed E-state index contributed by atoms with van der Waals surface area (Å²) in [4.78, 5) is 13.9. The number of hydrogen-bond donors (Lipinski definition) is 3. The van der Waals surface area contributed by atoms with E-state index in [-0.39, 0.29) is 23.0 Å². The molecule has 0 saturated carbocycles. The van der Waals surface area contributed by atoms with Gasteiger partial charge >= 0.3 is 0 Å². The Hall–Kier alpha value is -4.77. The molecule has 1 aliphatic heterocycles. The second-order valence-electron chi connectivity index (χ2n) is 10.6. The standard InChI is InChI=1S/C33H22O5/c34-20-7-1-17-4-10-28-22(21(17)13-20)14-23-26(35)9-3-19-6-12-30(37)33(32(19)23)15-24-27(36)8-2-18-5-11-29(38-28)25(16-33)31(18)24/h1-13,34-36H,14-16H2. The molecule has 184 valence electrons. The van der Waals surface area contributed by atoms with E-state index >= 15 is 0 Å². The molecule has 5 aromatic carbocycles. The Morgan fingerprint density at radius 2 is 1.37 bits per heavy atom. The Kier molecular flexibility index (Phi) is 4.02. The van der Waals surface area contributed by atoms with Crippen molar-refractivity contribution in [3.05, 3.63) is 106 Å². The van der Waals surface area contributed by atoms with Crippen LogP contribution in [0.15, 0.2) is 72.8 Å². The molecule has 5 nitrogen and oxygen atoms in total. The number of hydrogen-bond acceptors (Lipinski definition) is 5. The molecule has 0 amide bonds. The number of aromatic hydroxyl groups is 3. The van der Waals surface area contributed by atoms with Gasteiger partial charge in [0, 0.05) is 28.7 Å². The third kappa shape index (κ3) is 2.68. The predicted molar refractivity (Wildman–Crippen MR) is 145 cm³/mol. The van der Waals surface area contributed by atoms with Crippen molar-refractivity contribution in [3.8, 4) is 28.7 Å². The minimum absolute atomic E-state index is 0.0509. The zero-order valence-corrected chi connectivity index (χ0v) is 20.3. The number of ether oxygens (including phenoxy) is 1. The van der Waals surface area contributed by atoms with Gasteiger partial charge in [-0.15, -0.1) is 0 Å². The Balaban J connectivity index is 1.56. The van der Waals surface area contributed by atoms with Crippen LogP contribution in [0.2, 0.25) is 0 Å². The fourth-order valence-electron chi connectivity index (χ4n) is 6.92. The molecule has 2 bridgehead atoms. The van der Waals surface area contributed by atoms with Crippen molar-refractivity contribution in [2.45, 2.75) is 24.7 Å². The maximum Gasteiger partial charge on any atom is 0.166 e. The lowest BCUT2D eigenvalue weighted by molar-refractivity contribution is -0.120. The number of rotatable bonds is 0. The van der Waals surface area contributed by atoms with E-state index in [1.54, 1.807) is 30.3 Å². The van der Waals surface area contributed by atoms with Crippen molar-refractivity contribution in [2.24, 2.45) is 0 Å². The normalized spacial score (nSPS) is 18.8. The van der Waals surface area contributed by atoms with Gasteiger partial charge in [-0.05, 0) is 88.0 Å². The molecule has 3 aliphatic rings. The highest BCUT2D eigenvalue weighted by Gasteiger charge is 2.48. The van der Waals surface area contributed by atoms with E-state index in [9.17, 15) is 20.1 Å². The molecule has 1 spiro atoms. The van der Waals surface area contributed by atoms with Crippen molar-refractivity contribution in [2.75, 3.05) is 0 Å². The van der Waals surface area contributed by atoms with Gasteiger partial charge in [0.05, 0.1) is 5.41 Å². The van der Waals surface area contributed by atoms with Crippen LogP contribution in [0.1, 0.15) is 33.4 Å². The second-order valence-corrected chi connectivity index (χ2v) is 10.6. The summed E-state index contributed by atoms with van der Waals surface area (Å²) in [5, 5.41) is 36.3. The molecule has 1 unspecified atom stereocenters. The first-order chi connectivity index (χ1) is 18.4. The van der Waals surface area contributed by atoms with Crippen LogP contribution in [-0.2, 0) is 29.5 Å². The predicted octanol–water partition coefficient (Wildman–Crippen LogP) is 6.44. The Morgan fingerprint density at radius 3 is 2.24 bits per heavy atom. The summed E-state index contributed by atoms with van der Waals surface area (Å²) in [6.07, 6.45) is 4.47. The molecule has 0 aromatic heterocycles. The first-order valence-electron chi connectivity index (χ1n) is 12.7. The van der Waals surface area contributed by atoms with E-state index in [2.05, 4.69) is 0 Å². The van der Waals surface area contributed by atoms with Crippen LogP contribution in [0.5, 0.6) is 28.7 Å². The van der Waals surface area contributed by atoms with Crippen molar-refractivity contribution in [1.29, 1.82) is 0 Å². The van der Waals surface area contributed by atoms with Crippen LogP contribution in [0.4, 0.5) is 0 Å². The summed E-state index contributed by atoms with van der Waals surface area (Å²) in [6, 6.07) is 20.2. The van der Waals surface area contributed by atoms with Crippen LogP contribution in [-0.4, -0.2) is 21.1 Å². The van der Waals surface area contributed by atoms with Crippen LogP contribution >= 0.6 is 0 Å². The first kappa shape index (κ1) is 21.3. The van der Waals surface area contributed by atoms with Crippen molar-refractivity contribution < 1.29 is 24.9 Å². The van der Waals surface area contributed by atoms with Gasteiger partial charge in [0.25, 0.3) is 0 Å². The maximum absolute atomic E-state index is 13.9. The number of fused-ring (bicyclic) bond motifs is 3. The zero-order chi connectivity index (χ0) is 25.8. The van der Waals surface area contributed by atoms with Gasteiger partial charge in [-0.1, -0.05) is 36.4 Å². The third-order valence-electron chi connectivity index (χ3n) is 8.62. The smallest absolute Gasteiger partial charge is 0.166 e. The molecule has 1 heterocycles. The van der Waals surface area contributed by atoms with E-state index in [1.165, 1.54) is 0 Å². The minimum atomic E-state index is -0.999. The molecule has 2 aliphatic carbocycles. The van der Waals surface area contributed by atoms with E-state index < -0.39 is 5.41 Å². The summed E-state index contributed by atoms with van der Waals surface area (Å²) < 4.78 is 6.64. The van der Waals surface area contributed by atoms with Crippen molar-refractivity contribution >= 4 is 33.4 Å². The lowest BCUT2D eigenvalue weighted by atomic mass is 9.60. The van der Waals surface area contributed by atoms with Gasteiger partial charge in [-0.2, -0.15) is 0 Å². The molecule has 0 saturated heterocycles. The first-order valence-corrected chi connectivity index (χ1v) is 12.7. The maximum atomic E-state index is 13.9.